The number of nitriles is 1. The van der Waals surface area contributed by atoms with E-state index in [0.29, 0.717) is 13.0 Å². The van der Waals surface area contributed by atoms with Crippen LogP contribution in [0.25, 0.3) is 0 Å². The molecule has 184 valence electrons. The minimum Gasteiger partial charge on any atom is -0.497 e. The van der Waals surface area contributed by atoms with E-state index in [4.69, 9.17) is 4.74 Å². The molecule has 6 heteroatoms. The Hall–Kier alpha value is -4.08. The Bertz CT molecular complexity index is 1140. The van der Waals surface area contributed by atoms with Crippen LogP contribution in [0, 0.1) is 11.3 Å². The molecule has 0 aromatic heterocycles. The lowest BCUT2D eigenvalue weighted by atomic mass is 9.96. The van der Waals surface area contributed by atoms with Gasteiger partial charge in [0.05, 0.1) is 13.2 Å². The predicted octanol–water partition coefficient (Wildman–Crippen LogP) is 4.17. The van der Waals surface area contributed by atoms with Crippen molar-refractivity contribution in [3.05, 3.63) is 113 Å². The standard InChI is InChI=1S/C30H32N4O2/c1-36-28-14-12-24(13-15-28)16-17-32-30(35)27(22-31)23-33-18-20-34(21-19-33)29(25-8-4-2-5-9-25)26-10-6-3-7-11-26/h2-15,23,29H,16-21H2,1H3,(H,32,35)/b27-23-. The van der Waals surface area contributed by atoms with E-state index >= 15 is 0 Å². The van der Waals surface area contributed by atoms with Crippen molar-refractivity contribution in [1.29, 1.82) is 5.26 Å². The van der Waals surface area contributed by atoms with Crippen molar-refractivity contribution in [3.63, 3.8) is 0 Å². The van der Waals surface area contributed by atoms with Crippen molar-refractivity contribution in [2.45, 2.75) is 12.5 Å². The minimum atomic E-state index is -0.333. The molecule has 0 atom stereocenters. The first-order chi connectivity index (χ1) is 17.7. The van der Waals surface area contributed by atoms with Gasteiger partial charge in [-0.05, 0) is 35.2 Å². The van der Waals surface area contributed by atoms with Crippen LogP contribution in [0.2, 0.25) is 0 Å². The first kappa shape index (κ1) is 25.0. The summed E-state index contributed by atoms with van der Waals surface area (Å²) in [6.45, 7) is 3.64. The molecular weight excluding hydrogens is 448 g/mol. The number of hydrogen-bond acceptors (Lipinski definition) is 5. The number of amides is 1. The first-order valence-electron chi connectivity index (χ1n) is 12.3. The fourth-order valence-corrected chi connectivity index (χ4v) is 4.54. The summed E-state index contributed by atoms with van der Waals surface area (Å²) in [6, 6.07) is 31.1. The van der Waals surface area contributed by atoms with Crippen molar-refractivity contribution in [2.24, 2.45) is 0 Å². The summed E-state index contributed by atoms with van der Waals surface area (Å²) in [4.78, 5) is 17.2. The van der Waals surface area contributed by atoms with Crippen molar-refractivity contribution in [3.8, 4) is 11.8 Å². The van der Waals surface area contributed by atoms with E-state index in [9.17, 15) is 10.1 Å². The van der Waals surface area contributed by atoms with Crippen LogP contribution in [-0.4, -0.2) is 55.5 Å². The fourth-order valence-electron chi connectivity index (χ4n) is 4.54. The van der Waals surface area contributed by atoms with Gasteiger partial charge >= 0.3 is 0 Å². The highest BCUT2D eigenvalue weighted by atomic mass is 16.5. The van der Waals surface area contributed by atoms with Crippen molar-refractivity contribution in [1.82, 2.24) is 15.1 Å². The van der Waals surface area contributed by atoms with E-state index in [1.807, 2.05) is 36.4 Å². The van der Waals surface area contributed by atoms with Gasteiger partial charge in [0, 0.05) is 38.9 Å². The number of nitrogens with zero attached hydrogens (tertiary/aromatic N) is 3. The van der Waals surface area contributed by atoms with Gasteiger partial charge in [-0.3, -0.25) is 9.69 Å². The Morgan fingerprint density at radius 3 is 2.06 bits per heavy atom. The second-order valence-corrected chi connectivity index (χ2v) is 8.80. The molecule has 0 saturated carbocycles. The van der Waals surface area contributed by atoms with E-state index in [1.54, 1.807) is 13.3 Å². The van der Waals surface area contributed by atoms with Crippen LogP contribution in [0.4, 0.5) is 0 Å². The van der Waals surface area contributed by atoms with Crippen LogP contribution >= 0.6 is 0 Å². The normalized spacial score (nSPS) is 14.4. The highest BCUT2D eigenvalue weighted by molar-refractivity contribution is 5.97. The molecule has 4 rings (SSSR count). The van der Waals surface area contributed by atoms with Gasteiger partial charge in [0.25, 0.3) is 5.91 Å². The molecule has 1 N–H and O–H groups in total. The second kappa shape index (κ2) is 12.6. The Labute approximate surface area is 213 Å². The van der Waals surface area contributed by atoms with Gasteiger partial charge < -0.3 is 15.0 Å². The molecule has 1 heterocycles. The zero-order valence-corrected chi connectivity index (χ0v) is 20.6. The van der Waals surface area contributed by atoms with Gasteiger partial charge in [0.15, 0.2) is 0 Å². The van der Waals surface area contributed by atoms with Crippen molar-refractivity contribution in [2.75, 3.05) is 39.8 Å². The molecule has 1 fully saturated rings. The fraction of sp³-hybridized carbons (Fsp3) is 0.267. The first-order valence-corrected chi connectivity index (χ1v) is 12.3. The summed E-state index contributed by atoms with van der Waals surface area (Å²) in [5, 5.41) is 12.5. The van der Waals surface area contributed by atoms with Gasteiger partial charge in [-0.25, -0.2) is 0 Å². The lowest BCUT2D eigenvalue weighted by molar-refractivity contribution is -0.117. The zero-order valence-electron chi connectivity index (χ0n) is 20.6. The number of nitrogens with one attached hydrogen (secondary N) is 1. The zero-order chi connectivity index (χ0) is 25.2. The van der Waals surface area contributed by atoms with Crippen LogP contribution in [0.15, 0.2) is 96.7 Å². The van der Waals surface area contributed by atoms with Crippen LogP contribution in [0.3, 0.4) is 0 Å². The maximum absolute atomic E-state index is 12.6. The number of piperazine rings is 1. The third-order valence-electron chi connectivity index (χ3n) is 6.48. The van der Waals surface area contributed by atoms with E-state index in [1.165, 1.54) is 11.1 Å². The molecule has 0 aliphatic carbocycles. The molecule has 1 amide bonds. The lowest BCUT2D eigenvalue weighted by Crippen LogP contribution is -2.46. The van der Waals surface area contributed by atoms with Gasteiger partial charge in [-0.1, -0.05) is 72.8 Å². The molecule has 1 aliphatic heterocycles. The molecule has 0 bridgehead atoms. The highest BCUT2D eigenvalue weighted by Crippen LogP contribution is 2.29. The SMILES string of the molecule is COc1ccc(CCNC(=O)/C(C#N)=C\N2CCN(C(c3ccccc3)c3ccccc3)CC2)cc1. The summed E-state index contributed by atoms with van der Waals surface area (Å²) in [7, 11) is 1.63. The number of rotatable bonds is 9. The molecule has 0 radical (unpaired) electrons. The van der Waals surface area contributed by atoms with Gasteiger partial charge in [-0.15, -0.1) is 0 Å². The molecule has 1 saturated heterocycles. The number of benzene rings is 3. The van der Waals surface area contributed by atoms with Gasteiger partial charge in [-0.2, -0.15) is 5.26 Å². The van der Waals surface area contributed by atoms with Crippen LogP contribution < -0.4 is 10.1 Å². The van der Waals surface area contributed by atoms with E-state index in [2.05, 4.69) is 69.7 Å². The highest BCUT2D eigenvalue weighted by Gasteiger charge is 2.26. The molecule has 36 heavy (non-hydrogen) atoms. The van der Waals surface area contributed by atoms with Crippen LogP contribution in [0.1, 0.15) is 22.7 Å². The largest absolute Gasteiger partial charge is 0.497 e. The molecule has 3 aromatic rings. The van der Waals surface area contributed by atoms with E-state index in [0.717, 1.165) is 37.5 Å². The molecule has 6 nitrogen and oxygen atoms in total. The number of ether oxygens (including phenoxy) is 1. The maximum Gasteiger partial charge on any atom is 0.263 e. The predicted molar refractivity (Wildman–Crippen MR) is 141 cm³/mol. The van der Waals surface area contributed by atoms with Crippen molar-refractivity contribution < 1.29 is 9.53 Å². The number of methoxy groups -OCH3 is 1. The third-order valence-corrected chi connectivity index (χ3v) is 6.48. The average molecular weight is 481 g/mol. The molecule has 1 aliphatic rings. The summed E-state index contributed by atoms with van der Waals surface area (Å²) >= 11 is 0. The van der Waals surface area contributed by atoms with Gasteiger partial charge in [0.2, 0.25) is 0 Å². The number of carbonyl (C=O) groups excluding carboxylic acids is 1. The summed E-state index contributed by atoms with van der Waals surface area (Å²) in [5.41, 5.74) is 3.77. The van der Waals surface area contributed by atoms with Crippen LogP contribution in [0.5, 0.6) is 5.75 Å². The van der Waals surface area contributed by atoms with Crippen LogP contribution in [-0.2, 0) is 11.2 Å². The minimum absolute atomic E-state index is 0.140. The second-order valence-electron chi connectivity index (χ2n) is 8.80. The summed E-state index contributed by atoms with van der Waals surface area (Å²) < 4.78 is 5.17. The smallest absolute Gasteiger partial charge is 0.263 e. The molecule has 3 aromatic carbocycles. The van der Waals surface area contributed by atoms with E-state index in [-0.39, 0.29) is 17.5 Å². The monoisotopic (exact) mass is 480 g/mol. The average Bonchev–Trinajstić information content (AvgIpc) is 2.94. The van der Waals surface area contributed by atoms with E-state index < -0.39 is 0 Å². The summed E-state index contributed by atoms with van der Waals surface area (Å²) in [5.74, 6) is 0.469. The van der Waals surface area contributed by atoms with Crippen molar-refractivity contribution >= 4 is 5.91 Å². The Morgan fingerprint density at radius 1 is 0.944 bits per heavy atom. The number of carbonyl (C=O) groups is 1. The third kappa shape index (κ3) is 6.53. The Balaban J connectivity index is 1.34. The molecular formula is C30H32N4O2. The topological polar surface area (TPSA) is 68.6 Å². The van der Waals surface area contributed by atoms with Gasteiger partial charge in [0.1, 0.15) is 17.4 Å². The molecule has 0 spiro atoms. The lowest BCUT2D eigenvalue weighted by Gasteiger charge is -2.39. The molecule has 0 unspecified atom stereocenters. The quantitative estimate of drug-likeness (QED) is 0.368. The Morgan fingerprint density at radius 2 is 1.53 bits per heavy atom. The Kier molecular flexibility index (Phi) is 8.74. The summed E-state index contributed by atoms with van der Waals surface area (Å²) in [6.07, 6.45) is 2.40. The maximum atomic E-state index is 12.6. The number of hydrogen-bond donors (Lipinski definition) is 1.